The van der Waals surface area contributed by atoms with Gasteiger partial charge >= 0.3 is 0 Å². The molecule has 39 heavy (non-hydrogen) atoms. The van der Waals surface area contributed by atoms with Crippen LogP contribution in [-0.4, -0.2) is 83.5 Å². The smallest absolute Gasteiger partial charge is 0.247 e. The molecule has 0 aromatic heterocycles. The van der Waals surface area contributed by atoms with E-state index >= 15 is 0 Å². The lowest BCUT2D eigenvalue weighted by molar-refractivity contribution is -0.141. The number of amides is 2. The van der Waals surface area contributed by atoms with Crippen LogP contribution in [0, 0.1) is 0 Å². The van der Waals surface area contributed by atoms with Gasteiger partial charge in [-0.25, -0.2) is 0 Å². The van der Waals surface area contributed by atoms with Gasteiger partial charge in [0.25, 0.3) is 0 Å². The Kier molecular flexibility index (Phi) is 9.40. The highest BCUT2D eigenvalue weighted by Gasteiger charge is 2.52. The summed E-state index contributed by atoms with van der Waals surface area (Å²) in [5.41, 5.74) is 1.18. The number of hydrogen-bond donors (Lipinski definition) is 3. The fourth-order valence-corrected chi connectivity index (χ4v) is 6.12. The maximum atomic E-state index is 13.7. The molecule has 1 heterocycles. The number of hydrogen-bond acceptors (Lipinski definition) is 8. The van der Waals surface area contributed by atoms with E-state index in [-0.39, 0.29) is 37.3 Å². The molecule has 0 radical (unpaired) electrons. The molecule has 0 spiro atoms. The van der Waals surface area contributed by atoms with E-state index in [1.54, 1.807) is 17.0 Å². The van der Waals surface area contributed by atoms with Gasteiger partial charge in [0, 0.05) is 42.1 Å². The molecule has 0 bridgehead atoms. The summed E-state index contributed by atoms with van der Waals surface area (Å²) in [6.45, 7) is 1.27. The lowest BCUT2D eigenvalue weighted by Crippen LogP contribution is -2.58. The lowest BCUT2D eigenvalue weighted by atomic mass is 9.76. The molecule has 4 rings (SSSR count). The maximum absolute atomic E-state index is 13.7. The van der Waals surface area contributed by atoms with Crippen LogP contribution in [0.4, 0.5) is 0 Å². The first kappa shape index (κ1) is 28.8. The van der Waals surface area contributed by atoms with E-state index in [1.165, 1.54) is 20.1 Å². The molecular weight excluding hydrogens is 504 g/mol. The molecule has 10 nitrogen and oxygen atoms in total. The van der Waals surface area contributed by atoms with Gasteiger partial charge in [0.1, 0.15) is 24.3 Å². The van der Waals surface area contributed by atoms with Gasteiger partial charge in [-0.2, -0.15) is 0 Å². The number of rotatable bonds is 11. The largest absolute Gasteiger partial charge is 0.493 e. The molecule has 1 aromatic rings. The fraction of sp³-hybridized carbons (Fsp3) is 0.586. The van der Waals surface area contributed by atoms with Crippen molar-refractivity contribution in [2.45, 2.75) is 88.5 Å². The number of benzene rings is 1. The molecule has 2 amide bonds. The van der Waals surface area contributed by atoms with Crippen LogP contribution in [0.3, 0.4) is 0 Å². The van der Waals surface area contributed by atoms with Crippen LogP contribution >= 0.6 is 0 Å². The molecular formula is C29H38N2O8. The number of carbonyl (C=O) groups excluding carboxylic acids is 4. The van der Waals surface area contributed by atoms with E-state index < -0.39 is 30.1 Å². The Labute approximate surface area is 228 Å². The Bertz CT molecular complexity index is 1130. The van der Waals surface area contributed by atoms with Crippen molar-refractivity contribution in [3.05, 3.63) is 34.9 Å². The summed E-state index contributed by atoms with van der Waals surface area (Å²) in [7, 11) is 1.45. The average molecular weight is 543 g/mol. The second-order valence-electron chi connectivity index (χ2n) is 10.6. The summed E-state index contributed by atoms with van der Waals surface area (Å²) in [5.74, 6) is -0.664. The van der Waals surface area contributed by atoms with Gasteiger partial charge in [0.2, 0.25) is 11.8 Å². The Morgan fingerprint density at radius 3 is 2.56 bits per heavy atom. The van der Waals surface area contributed by atoms with Crippen LogP contribution in [0.15, 0.2) is 23.8 Å². The minimum absolute atomic E-state index is 0.0102. The SMILES string of the molecule is COc1cc(C=O)cc2c1O[C@@H]1[C@@H](O)[C@H](N(C(=O)CCCC(C)=O)C3CCCCC3)C=C(C(=O)NCCO)[C@H]21. The molecule has 1 aromatic carbocycles. The monoisotopic (exact) mass is 542 g/mol. The number of Topliss-reactive ketones (excluding diaryl/α,β-unsaturated/α-hetero) is 1. The Hall–Kier alpha value is -3.24. The number of ketones is 1. The number of methoxy groups -OCH3 is 1. The van der Waals surface area contributed by atoms with Gasteiger partial charge in [-0.1, -0.05) is 19.3 Å². The Balaban J connectivity index is 1.77. The van der Waals surface area contributed by atoms with E-state index in [9.17, 15) is 29.4 Å². The highest BCUT2D eigenvalue weighted by atomic mass is 16.5. The maximum Gasteiger partial charge on any atom is 0.247 e. The molecule has 1 saturated carbocycles. The summed E-state index contributed by atoms with van der Waals surface area (Å²) in [5, 5.41) is 23.7. The number of fused-ring (bicyclic) bond motifs is 3. The van der Waals surface area contributed by atoms with Gasteiger partial charge in [0.05, 0.1) is 25.7 Å². The third-order valence-electron chi connectivity index (χ3n) is 7.91. The summed E-state index contributed by atoms with van der Waals surface area (Å²) in [6, 6.07) is 2.22. The normalized spacial score (nSPS) is 24.1. The molecule has 4 atom stereocenters. The number of aliphatic hydroxyl groups excluding tert-OH is 2. The number of nitrogens with zero attached hydrogens (tertiary/aromatic N) is 1. The van der Waals surface area contributed by atoms with Gasteiger partial charge in [-0.05, 0) is 44.4 Å². The van der Waals surface area contributed by atoms with Crippen LogP contribution in [0.5, 0.6) is 11.5 Å². The zero-order valence-corrected chi connectivity index (χ0v) is 22.6. The van der Waals surface area contributed by atoms with Gasteiger partial charge < -0.3 is 34.7 Å². The number of carbonyl (C=O) groups is 4. The minimum atomic E-state index is -1.17. The van der Waals surface area contributed by atoms with Gasteiger partial charge in [-0.15, -0.1) is 0 Å². The summed E-state index contributed by atoms with van der Waals surface area (Å²) < 4.78 is 11.7. The first-order valence-electron chi connectivity index (χ1n) is 13.7. The third kappa shape index (κ3) is 6.01. The van der Waals surface area contributed by atoms with E-state index in [1.807, 2.05) is 0 Å². The van der Waals surface area contributed by atoms with E-state index in [0.29, 0.717) is 47.3 Å². The topological polar surface area (TPSA) is 142 Å². The predicted molar refractivity (Wildman–Crippen MR) is 142 cm³/mol. The quantitative estimate of drug-likeness (QED) is 0.361. The highest BCUT2D eigenvalue weighted by molar-refractivity contribution is 5.96. The second-order valence-corrected chi connectivity index (χ2v) is 10.6. The van der Waals surface area contributed by atoms with E-state index in [4.69, 9.17) is 9.47 Å². The molecule has 1 aliphatic heterocycles. The number of aldehydes is 1. The van der Waals surface area contributed by atoms with Crippen molar-refractivity contribution in [3.63, 3.8) is 0 Å². The van der Waals surface area contributed by atoms with Crippen LogP contribution in [0.2, 0.25) is 0 Å². The molecule has 212 valence electrons. The third-order valence-corrected chi connectivity index (χ3v) is 7.91. The Morgan fingerprint density at radius 2 is 1.92 bits per heavy atom. The van der Waals surface area contributed by atoms with Crippen LogP contribution in [0.1, 0.15) is 80.1 Å². The number of nitrogens with one attached hydrogen (secondary N) is 1. The van der Waals surface area contributed by atoms with Crippen molar-refractivity contribution in [3.8, 4) is 11.5 Å². The van der Waals surface area contributed by atoms with Crippen molar-refractivity contribution in [1.82, 2.24) is 10.2 Å². The first-order valence-corrected chi connectivity index (χ1v) is 13.7. The zero-order valence-electron chi connectivity index (χ0n) is 22.6. The predicted octanol–water partition coefficient (Wildman–Crippen LogP) is 2.05. The van der Waals surface area contributed by atoms with Crippen LogP contribution in [-0.2, 0) is 14.4 Å². The van der Waals surface area contributed by atoms with Gasteiger partial charge in [0.15, 0.2) is 11.5 Å². The minimum Gasteiger partial charge on any atom is -0.493 e. The molecule has 2 aliphatic carbocycles. The first-order chi connectivity index (χ1) is 18.8. The van der Waals surface area contributed by atoms with Crippen molar-refractivity contribution < 1.29 is 38.9 Å². The Morgan fingerprint density at radius 1 is 1.18 bits per heavy atom. The van der Waals surface area contributed by atoms with E-state index in [0.717, 1.165) is 32.1 Å². The molecule has 3 aliphatic rings. The standard InChI is InChI=1S/C29H38N2O8/c1-17(34)7-6-10-24(35)31(19-8-4-3-5-9-19)22-15-21(29(37)30-11-12-32)25-20-13-18(16-33)14-23(38-2)27(20)39-28(25)26(22)36/h13-16,19,22,25-26,28,32,36H,3-12H2,1-2H3,(H,30,37)/t22-,25+,26+,28+/m1/s1. The van der Waals surface area contributed by atoms with Crippen molar-refractivity contribution in [2.75, 3.05) is 20.3 Å². The van der Waals surface area contributed by atoms with E-state index in [2.05, 4.69) is 5.32 Å². The molecule has 3 N–H and O–H groups in total. The number of ether oxygens (including phenoxy) is 2. The molecule has 10 heteroatoms. The second kappa shape index (κ2) is 12.7. The van der Waals surface area contributed by atoms with Crippen molar-refractivity contribution in [2.24, 2.45) is 0 Å². The highest BCUT2D eigenvalue weighted by Crippen LogP contribution is 2.51. The summed E-state index contributed by atoms with van der Waals surface area (Å²) >= 11 is 0. The van der Waals surface area contributed by atoms with Crippen LogP contribution in [0.25, 0.3) is 0 Å². The molecule has 0 saturated heterocycles. The summed E-state index contributed by atoms with van der Waals surface area (Å²) in [4.78, 5) is 51.9. The average Bonchev–Trinajstić information content (AvgIpc) is 3.33. The number of aliphatic hydroxyl groups is 2. The molecule has 0 unspecified atom stereocenters. The lowest BCUT2D eigenvalue weighted by Gasteiger charge is -2.45. The molecule has 1 fully saturated rings. The van der Waals surface area contributed by atoms with Crippen molar-refractivity contribution in [1.29, 1.82) is 0 Å². The van der Waals surface area contributed by atoms with Crippen molar-refractivity contribution >= 4 is 23.9 Å². The summed E-state index contributed by atoms with van der Waals surface area (Å²) in [6.07, 6.45) is 5.67. The zero-order chi connectivity index (χ0) is 28.1. The van der Waals surface area contributed by atoms with Gasteiger partial charge in [-0.3, -0.25) is 14.4 Å². The van der Waals surface area contributed by atoms with Crippen LogP contribution < -0.4 is 14.8 Å². The fourth-order valence-electron chi connectivity index (χ4n) is 6.12.